The Labute approximate surface area is 87.1 Å². The average Bonchev–Trinajstić information content (AvgIpc) is 2.16. The summed E-state index contributed by atoms with van der Waals surface area (Å²) in [4.78, 5) is 0. The standard InChI is InChI=1S/C11H14F3N/c1-2-8-4-3-5-9(6-8)7-10(15)11(12,13)14/h3-6,10H,2,7,15H2,1H3/t10-/m1/s1. The number of halogens is 3. The van der Waals surface area contributed by atoms with Crippen molar-refractivity contribution in [3.63, 3.8) is 0 Å². The molecule has 1 atom stereocenters. The molecule has 0 aliphatic carbocycles. The summed E-state index contributed by atoms with van der Waals surface area (Å²) >= 11 is 0. The summed E-state index contributed by atoms with van der Waals surface area (Å²) in [5.74, 6) is 0. The number of hydrogen-bond donors (Lipinski definition) is 1. The van der Waals surface area contributed by atoms with Crippen LogP contribution in [0.3, 0.4) is 0 Å². The fourth-order valence-electron chi connectivity index (χ4n) is 1.35. The van der Waals surface area contributed by atoms with E-state index in [-0.39, 0.29) is 6.42 Å². The minimum Gasteiger partial charge on any atom is -0.320 e. The summed E-state index contributed by atoms with van der Waals surface area (Å²) < 4.78 is 36.6. The van der Waals surface area contributed by atoms with E-state index >= 15 is 0 Å². The Hall–Kier alpha value is -1.03. The van der Waals surface area contributed by atoms with E-state index in [0.29, 0.717) is 5.56 Å². The number of nitrogens with two attached hydrogens (primary N) is 1. The van der Waals surface area contributed by atoms with Crippen LogP contribution in [0.1, 0.15) is 18.1 Å². The normalized spacial score (nSPS) is 13.9. The van der Waals surface area contributed by atoms with E-state index in [1.54, 1.807) is 18.2 Å². The Morgan fingerprint density at radius 1 is 1.27 bits per heavy atom. The summed E-state index contributed by atoms with van der Waals surface area (Å²) in [5.41, 5.74) is 6.72. The van der Waals surface area contributed by atoms with E-state index in [4.69, 9.17) is 5.73 Å². The molecule has 1 nitrogen and oxygen atoms in total. The number of hydrogen-bond acceptors (Lipinski definition) is 1. The van der Waals surface area contributed by atoms with E-state index in [1.165, 1.54) is 0 Å². The van der Waals surface area contributed by atoms with Gasteiger partial charge >= 0.3 is 6.18 Å². The van der Waals surface area contributed by atoms with Gasteiger partial charge in [0.25, 0.3) is 0 Å². The maximum absolute atomic E-state index is 12.2. The quantitative estimate of drug-likeness (QED) is 0.827. The third-order valence-electron chi connectivity index (χ3n) is 2.28. The Morgan fingerprint density at radius 3 is 2.40 bits per heavy atom. The molecule has 0 radical (unpaired) electrons. The van der Waals surface area contributed by atoms with Crippen molar-refractivity contribution in [1.29, 1.82) is 0 Å². The molecule has 1 aromatic rings. The number of alkyl halides is 3. The molecule has 0 heterocycles. The van der Waals surface area contributed by atoms with Crippen LogP contribution in [-0.2, 0) is 12.8 Å². The molecule has 0 unspecified atom stereocenters. The number of benzene rings is 1. The van der Waals surface area contributed by atoms with Crippen molar-refractivity contribution in [1.82, 2.24) is 0 Å². The van der Waals surface area contributed by atoms with Crippen LogP contribution in [0.25, 0.3) is 0 Å². The van der Waals surface area contributed by atoms with Crippen molar-refractivity contribution in [3.05, 3.63) is 35.4 Å². The molecule has 0 saturated heterocycles. The zero-order chi connectivity index (χ0) is 11.5. The first-order valence-corrected chi connectivity index (χ1v) is 4.83. The lowest BCUT2D eigenvalue weighted by Gasteiger charge is -2.15. The zero-order valence-corrected chi connectivity index (χ0v) is 8.51. The molecule has 2 N–H and O–H groups in total. The highest BCUT2D eigenvalue weighted by Gasteiger charge is 2.36. The van der Waals surface area contributed by atoms with Gasteiger partial charge in [-0.15, -0.1) is 0 Å². The van der Waals surface area contributed by atoms with Gasteiger partial charge < -0.3 is 5.73 Å². The monoisotopic (exact) mass is 217 g/mol. The molecule has 0 fully saturated rings. The second-order valence-electron chi connectivity index (χ2n) is 3.53. The van der Waals surface area contributed by atoms with Crippen molar-refractivity contribution in [2.45, 2.75) is 32.0 Å². The molecule has 0 aromatic heterocycles. The van der Waals surface area contributed by atoms with Crippen LogP contribution in [0.5, 0.6) is 0 Å². The van der Waals surface area contributed by atoms with Crippen LogP contribution < -0.4 is 5.73 Å². The average molecular weight is 217 g/mol. The van der Waals surface area contributed by atoms with Gasteiger partial charge in [0.2, 0.25) is 0 Å². The van der Waals surface area contributed by atoms with Gasteiger partial charge in [-0.1, -0.05) is 31.2 Å². The molecule has 0 aliphatic heterocycles. The van der Waals surface area contributed by atoms with Gasteiger partial charge in [-0.3, -0.25) is 0 Å². The minimum atomic E-state index is -4.32. The van der Waals surface area contributed by atoms with Crippen LogP contribution in [0.15, 0.2) is 24.3 Å². The van der Waals surface area contributed by atoms with Crippen LogP contribution in [-0.4, -0.2) is 12.2 Å². The number of aryl methyl sites for hydroxylation is 1. The highest BCUT2D eigenvalue weighted by Crippen LogP contribution is 2.21. The summed E-state index contributed by atoms with van der Waals surface area (Å²) in [7, 11) is 0. The summed E-state index contributed by atoms with van der Waals surface area (Å²) in [5, 5.41) is 0. The topological polar surface area (TPSA) is 26.0 Å². The lowest BCUT2D eigenvalue weighted by molar-refractivity contribution is -0.147. The summed E-state index contributed by atoms with van der Waals surface area (Å²) in [6.45, 7) is 1.96. The van der Waals surface area contributed by atoms with Crippen LogP contribution in [0.2, 0.25) is 0 Å². The predicted molar refractivity (Wildman–Crippen MR) is 53.6 cm³/mol. The van der Waals surface area contributed by atoms with E-state index < -0.39 is 12.2 Å². The smallest absolute Gasteiger partial charge is 0.320 e. The maximum Gasteiger partial charge on any atom is 0.403 e. The molecular formula is C11H14F3N. The zero-order valence-electron chi connectivity index (χ0n) is 8.51. The van der Waals surface area contributed by atoms with Gasteiger partial charge in [0.1, 0.15) is 6.04 Å². The molecule has 84 valence electrons. The van der Waals surface area contributed by atoms with Gasteiger partial charge in [0.05, 0.1) is 0 Å². The van der Waals surface area contributed by atoms with Crippen molar-refractivity contribution in [2.75, 3.05) is 0 Å². The van der Waals surface area contributed by atoms with E-state index in [9.17, 15) is 13.2 Å². The molecule has 0 spiro atoms. The Balaban J connectivity index is 2.72. The first kappa shape index (κ1) is 12.0. The minimum absolute atomic E-state index is 0.155. The molecule has 1 aromatic carbocycles. The third-order valence-corrected chi connectivity index (χ3v) is 2.28. The second-order valence-corrected chi connectivity index (χ2v) is 3.53. The number of rotatable bonds is 3. The Kier molecular flexibility index (Phi) is 3.74. The van der Waals surface area contributed by atoms with Crippen LogP contribution >= 0.6 is 0 Å². The van der Waals surface area contributed by atoms with Gasteiger partial charge in [0.15, 0.2) is 0 Å². The van der Waals surface area contributed by atoms with Crippen LogP contribution in [0, 0.1) is 0 Å². The van der Waals surface area contributed by atoms with Crippen LogP contribution in [0.4, 0.5) is 13.2 Å². The predicted octanol–water partition coefficient (Wildman–Crippen LogP) is 2.68. The fourth-order valence-corrected chi connectivity index (χ4v) is 1.35. The lowest BCUT2D eigenvalue weighted by Crippen LogP contribution is -2.39. The summed E-state index contributed by atoms with van der Waals surface area (Å²) in [6.07, 6.45) is -3.66. The van der Waals surface area contributed by atoms with Gasteiger partial charge in [-0.25, -0.2) is 0 Å². The van der Waals surface area contributed by atoms with E-state index in [0.717, 1.165) is 12.0 Å². The molecule has 15 heavy (non-hydrogen) atoms. The van der Waals surface area contributed by atoms with Gasteiger partial charge in [0, 0.05) is 0 Å². The third kappa shape index (κ3) is 3.55. The molecule has 0 bridgehead atoms. The van der Waals surface area contributed by atoms with Gasteiger partial charge in [-0.2, -0.15) is 13.2 Å². The lowest BCUT2D eigenvalue weighted by atomic mass is 10.0. The highest BCUT2D eigenvalue weighted by atomic mass is 19.4. The van der Waals surface area contributed by atoms with Crippen molar-refractivity contribution in [2.24, 2.45) is 5.73 Å². The molecule has 1 rings (SSSR count). The summed E-state index contributed by atoms with van der Waals surface area (Å²) in [6, 6.07) is 5.32. The largest absolute Gasteiger partial charge is 0.403 e. The first-order chi connectivity index (χ1) is 6.93. The SMILES string of the molecule is CCc1cccc(C[C@@H](N)C(F)(F)F)c1. The van der Waals surface area contributed by atoms with E-state index in [1.807, 2.05) is 13.0 Å². The first-order valence-electron chi connectivity index (χ1n) is 4.83. The Bertz CT molecular complexity index is 320. The van der Waals surface area contributed by atoms with Gasteiger partial charge in [-0.05, 0) is 24.0 Å². The van der Waals surface area contributed by atoms with Crippen molar-refractivity contribution < 1.29 is 13.2 Å². The second kappa shape index (κ2) is 4.66. The Morgan fingerprint density at radius 2 is 1.87 bits per heavy atom. The highest BCUT2D eigenvalue weighted by molar-refractivity contribution is 5.24. The maximum atomic E-state index is 12.2. The van der Waals surface area contributed by atoms with Crippen molar-refractivity contribution in [3.8, 4) is 0 Å². The molecule has 4 heteroatoms. The molecule has 0 amide bonds. The molecular weight excluding hydrogens is 203 g/mol. The molecule has 0 saturated carbocycles. The molecule has 0 aliphatic rings. The fraction of sp³-hybridized carbons (Fsp3) is 0.455. The van der Waals surface area contributed by atoms with Crippen molar-refractivity contribution >= 4 is 0 Å². The van der Waals surface area contributed by atoms with E-state index in [2.05, 4.69) is 0 Å².